The predicted molar refractivity (Wildman–Crippen MR) is 95.2 cm³/mol. The number of hydrogen-bond donors (Lipinski definition) is 1. The van der Waals surface area contributed by atoms with Gasteiger partial charge in [0.25, 0.3) is 0 Å². The Morgan fingerprint density at radius 2 is 1.83 bits per heavy atom. The third-order valence-corrected chi connectivity index (χ3v) is 5.00. The lowest BCUT2D eigenvalue weighted by Crippen LogP contribution is -2.15. The van der Waals surface area contributed by atoms with Gasteiger partial charge >= 0.3 is 5.97 Å². The number of benzene rings is 1. The van der Waals surface area contributed by atoms with Gasteiger partial charge in [-0.15, -0.1) is 0 Å². The molecule has 1 heterocycles. The molecule has 0 atom stereocenters. The molecule has 2 rings (SSSR count). The van der Waals surface area contributed by atoms with Crippen LogP contribution in [0.5, 0.6) is 0 Å². The topological polar surface area (TPSA) is 66.0 Å². The summed E-state index contributed by atoms with van der Waals surface area (Å²) in [7, 11) is 1.71. The summed E-state index contributed by atoms with van der Waals surface area (Å²) in [6.07, 6.45) is 1.63. The quantitative estimate of drug-likeness (QED) is 0.880. The van der Waals surface area contributed by atoms with Crippen molar-refractivity contribution in [3.63, 3.8) is 0 Å². The van der Waals surface area contributed by atoms with Gasteiger partial charge in [0.1, 0.15) is 11.8 Å². The first-order chi connectivity index (χ1) is 11.3. The highest BCUT2D eigenvalue weighted by Crippen LogP contribution is 2.34. The van der Waals surface area contributed by atoms with Crippen LogP contribution in [0.25, 0.3) is 11.1 Å². The van der Waals surface area contributed by atoms with Gasteiger partial charge in [-0.05, 0) is 29.4 Å². The minimum absolute atomic E-state index is 0.0669. The van der Waals surface area contributed by atoms with Crippen LogP contribution in [0.3, 0.4) is 0 Å². The molecule has 0 saturated heterocycles. The van der Waals surface area contributed by atoms with E-state index in [-0.39, 0.29) is 11.1 Å². The summed E-state index contributed by atoms with van der Waals surface area (Å²) in [6.45, 7) is 8.44. The SMILES string of the molecule is CCc1c(C#N)c(-c2ccc(C(C)(C)CC)cc2)c(C(=O)O)n1C. The summed E-state index contributed by atoms with van der Waals surface area (Å²) in [5, 5.41) is 19.2. The fourth-order valence-electron chi connectivity index (χ4n) is 3.09. The van der Waals surface area contributed by atoms with Gasteiger partial charge in [0.15, 0.2) is 0 Å². The summed E-state index contributed by atoms with van der Waals surface area (Å²) in [5.41, 5.74) is 3.95. The largest absolute Gasteiger partial charge is 0.477 e. The summed E-state index contributed by atoms with van der Waals surface area (Å²) < 4.78 is 1.63. The van der Waals surface area contributed by atoms with E-state index in [1.165, 1.54) is 5.56 Å². The second-order valence-corrected chi connectivity index (χ2v) is 6.69. The molecule has 4 heteroatoms. The number of aromatic nitrogens is 1. The van der Waals surface area contributed by atoms with Gasteiger partial charge in [-0.3, -0.25) is 0 Å². The summed E-state index contributed by atoms with van der Waals surface area (Å²) in [4.78, 5) is 11.8. The van der Waals surface area contributed by atoms with E-state index < -0.39 is 5.97 Å². The lowest BCUT2D eigenvalue weighted by atomic mass is 9.81. The predicted octanol–water partition coefficient (Wildman–Crippen LogP) is 4.51. The summed E-state index contributed by atoms with van der Waals surface area (Å²) in [6, 6.07) is 10.1. The number of aromatic carboxylic acids is 1. The van der Waals surface area contributed by atoms with Gasteiger partial charge in [0.05, 0.1) is 5.56 Å². The number of nitrogens with zero attached hydrogens (tertiary/aromatic N) is 2. The molecular weight excluding hydrogens is 300 g/mol. The van der Waals surface area contributed by atoms with Crippen LogP contribution in [0.1, 0.15) is 61.4 Å². The zero-order valence-corrected chi connectivity index (χ0v) is 15.0. The second-order valence-electron chi connectivity index (χ2n) is 6.69. The van der Waals surface area contributed by atoms with Gasteiger partial charge in [0, 0.05) is 18.3 Å². The van der Waals surface area contributed by atoms with Crippen molar-refractivity contribution in [3.8, 4) is 17.2 Å². The molecule has 0 fully saturated rings. The highest BCUT2D eigenvalue weighted by atomic mass is 16.4. The van der Waals surface area contributed by atoms with Crippen LogP contribution >= 0.6 is 0 Å². The van der Waals surface area contributed by atoms with Crippen molar-refractivity contribution in [1.82, 2.24) is 4.57 Å². The number of rotatable bonds is 5. The highest BCUT2D eigenvalue weighted by Gasteiger charge is 2.26. The fourth-order valence-corrected chi connectivity index (χ4v) is 3.09. The minimum atomic E-state index is -1.01. The first kappa shape index (κ1) is 17.8. The van der Waals surface area contributed by atoms with Crippen molar-refractivity contribution in [2.45, 2.75) is 46.0 Å². The number of nitriles is 1. The molecule has 126 valence electrons. The van der Waals surface area contributed by atoms with Crippen molar-refractivity contribution in [2.75, 3.05) is 0 Å². The zero-order valence-electron chi connectivity index (χ0n) is 15.0. The first-order valence-corrected chi connectivity index (χ1v) is 8.24. The Hall–Kier alpha value is -2.54. The Labute approximate surface area is 143 Å². The molecule has 1 aromatic heterocycles. The van der Waals surface area contributed by atoms with Crippen LogP contribution in [-0.2, 0) is 18.9 Å². The van der Waals surface area contributed by atoms with Crippen molar-refractivity contribution in [1.29, 1.82) is 5.26 Å². The third-order valence-electron chi connectivity index (χ3n) is 5.00. The van der Waals surface area contributed by atoms with E-state index in [1.54, 1.807) is 11.6 Å². The van der Waals surface area contributed by atoms with Gasteiger partial charge in [-0.1, -0.05) is 52.0 Å². The van der Waals surface area contributed by atoms with Crippen molar-refractivity contribution in [2.24, 2.45) is 7.05 Å². The second kappa shape index (κ2) is 6.52. The Morgan fingerprint density at radius 3 is 2.25 bits per heavy atom. The van der Waals surface area contributed by atoms with Crippen LogP contribution in [0.4, 0.5) is 0 Å². The van der Waals surface area contributed by atoms with Crippen molar-refractivity contribution < 1.29 is 9.90 Å². The molecule has 1 aromatic carbocycles. The van der Waals surface area contributed by atoms with Crippen LogP contribution in [0.2, 0.25) is 0 Å². The molecule has 24 heavy (non-hydrogen) atoms. The highest BCUT2D eigenvalue weighted by molar-refractivity contribution is 5.97. The van der Waals surface area contributed by atoms with Crippen LogP contribution in [-0.4, -0.2) is 15.6 Å². The molecule has 0 saturated carbocycles. The molecule has 0 aliphatic heterocycles. The molecular formula is C20H24N2O2. The lowest BCUT2D eigenvalue weighted by molar-refractivity contribution is 0.0687. The summed E-state index contributed by atoms with van der Waals surface area (Å²) in [5.74, 6) is -1.01. The Balaban J connectivity index is 2.69. The molecule has 0 unspecified atom stereocenters. The normalized spacial score (nSPS) is 11.3. The average molecular weight is 324 g/mol. The Kier molecular flexibility index (Phi) is 4.84. The molecule has 0 spiro atoms. The maximum Gasteiger partial charge on any atom is 0.353 e. The number of hydrogen-bond acceptors (Lipinski definition) is 2. The lowest BCUT2D eigenvalue weighted by Gasteiger charge is -2.23. The zero-order chi connectivity index (χ0) is 18.1. The van der Waals surface area contributed by atoms with Crippen LogP contribution in [0.15, 0.2) is 24.3 Å². The molecule has 0 aliphatic rings. The first-order valence-electron chi connectivity index (χ1n) is 8.24. The van der Waals surface area contributed by atoms with E-state index in [0.717, 1.165) is 17.7 Å². The van der Waals surface area contributed by atoms with Gasteiger partial charge in [0.2, 0.25) is 0 Å². The van der Waals surface area contributed by atoms with Crippen molar-refractivity contribution in [3.05, 3.63) is 46.8 Å². The fraction of sp³-hybridized carbons (Fsp3) is 0.400. The van der Waals surface area contributed by atoms with E-state index in [2.05, 4.69) is 26.8 Å². The average Bonchev–Trinajstić information content (AvgIpc) is 2.86. The van der Waals surface area contributed by atoms with E-state index in [9.17, 15) is 15.2 Å². The van der Waals surface area contributed by atoms with Gasteiger partial charge < -0.3 is 9.67 Å². The molecule has 4 nitrogen and oxygen atoms in total. The molecule has 0 bridgehead atoms. The molecule has 0 aliphatic carbocycles. The molecule has 2 aromatic rings. The van der Waals surface area contributed by atoms with Gasteiger partial charge in [-0.2, -0.15) is 5.26 Å². The maximum atomic E-state index is 11.8. The van der Waals surface area contributed by atoms with E-state index in [4.69, 9.17) is 0 Å². The van der Waals surface area contributed by atoms with Crippen molar-refractivity contribution >= 4 is 5.97 Å². The third kappa shape index (κ3) is 2.82. The smallest absolute Gasteiger partial charge is 0.353 e. The van der Waals surface area contributed by atoms with E-state index in [0.29, 0.717) is 17.5 Å². The van der Waals surface area contributed by atoms with Crippen LogP contribution in [0, 0.1) is 11.3 Å². The Morgan fingerprint density at radius 1 is 1.25 bits per heavy atom. The minimum Gasteiger partial charge on any atom is -0.477 e. The van der Waals surface area contributed by atoms with Gasteiger partial charge in [-0.25, -0.2) is 4.79 Å². The van der Waals surface area contributed by atoms with Crippen LogP contribution < -0.4 is 0 Å². The standard InChI is InChI=1S/C20H24N2O2/c1-6-16-15(12-21)17(18(19(23)24)22(16)5)13-8-10-14(11-9-13)20(3,4)7-2/h8-11H,6-7H2,1-5H3,(H,23,24). The number of carboxylic acids is 1. The molecule has 1 N–H and O–H groups in total. The number of carbonyl (C=O) groups is 1. The van der Waals surface area contributed by atoms with E-state index in [1.807, 2.05) is 31.2 Å². The Bertz CT molecular complexity index is 806. The molecule has 0 radical (unpaired) electrons. The van der Waals surface area contributed by atoms with E-state index >= 15 is 0 Å². The molecule has 0 amide bonds. The number of carboxylic acid groups (broad SMARTS) is 1. The maximum absolute atomic E-state index is 11.8. The monoisotopic (exact) mass is 324 g/mol. The summed E-state index contributed by atoms with van der Waals surface area (Å²) >= 11 is 0.